The van der Waals surface area contributed by atoms with Crippen molar-refractivity contribution in [2.75, 3.05) is 17.9 Å². The molecule has 4 rings (SSSR count). The van der Waals surface area contributed by atoms with E-state index >= 15 is 0 Å². The largest absolute Gasteiger partial charge is 0.357 e. The molecule has 0 unspecified atom stereocenters. The monoisotopic (exact) mass is 587 g/mol. The van der Waals surface area contributed by atoms with Crippen molar-refractivity contribution >= 4 is 27.5 Å². The Balaban J connectivity index is 1.81. The molecule has 42 heavy (non-hydrogen) atoms. The lowest BCUT2D eigenvalue weighted by molar-refractivity contribution is -0.139. The van der Waals surface area contributed by atoms with E-state index < -0.39 is 40.2 Å². The molecule has 0 spiro atoms. The fourth-order valence-electron chi connectivity index (χ4n) is 4.73. The summed E-state index contributed by atoms with van der Waals surface area (Å²) in [4.78, 5) is 29.0. The zero-order valence-electron chi connectivity index (χ0n) is 23.8. The van der Waals surface area contributed by atoms with Gasteiger partial charge >= 0.3 is 0 Å². The van der Waals surface area contributed by atoms with Crippen LogP contribution >= 0.6 is 0 Å². The van der Waals surface area contributed by atoms with Crippen LogP contribution in [0.3, 0.4) is 0 Å². The van der Waals surface area contributed by atoms with E-state index in [9.17, 15) is 22.4 Å². The van der Waals surface area contributed by atoms with Crippen LogP contribution in [0, 0.1) is 19.7 Å². The number of aryl methyl sites for hydroxylation is 2. The van der Waals surface area contributed by atoms with Crippen LogP contribution in [-0.2, 0) is 32.6 Å². The van der Waals surface area contributed by atoms with Gasteiger partial charge in [0.2, 0.25) is 11.8 Å². The average molecular weight is 588 g/mol. The first kappa shape index (κ1) is 30.5. The zero-order chi connectivity index (χ0) is 30.3. The number of anilines is 1. The number of rotatable bonds is 11. The molecule has 218 valence electrons. The van der Waals surface area contributed by atoms with Crippen molar-refractivity contribution in [3.05, 3.63) is 131 Å². The molecule has 0 aliphatic rings. The summed E-state index contributed by atoms with van der Waals surface area (Å²) in [5, 5.41) is 2.65. The van der Waals surface area contributed by atoms with Gasteiger partial charge in [0.25, 0.3) is 10.0 Å². The second-order valence-corrected chi connectivity index (χ2v) is 11.9. The van der Waals surface area contributed by atoms with E-state index in [1.807, 2.05) is 49.4 Å². The van der Waals surface area contributed by atoms with Crippen LogP contribution in [0.15, 0.2) is 108 Å². The number of nitrogens with one attached hydrogen (secondary N) is 1. The summed E-state index contributed by atoms with van der Waals surface area (Å²) in [6.07, 6.45) is 0.197. The van der Waals surface area contributed by atoms with Crippen molar-refractivity contribution in [2.45, 2.75) is 37.8 Å². The number of carbonyl (C=O) groups excluding carboxylic acids is 2. The molecule has 4 aromatic carbocycles. The number of hydrogen-bond acceptors (Lipinski definition) is 4. The molecule has 2 amide bonds. The van der Waals surface area contributed by atoms with Crippen LogP contribution in [0.4, 0.5) is 10.1 Å². The first-order chi connectivity index (χ1) is 20.1. The maximum absolute atomic E-state index is 14.3. The van der Waals surface area contributed by atoms with Gasteiger partial charge in [0.05, 0.1) is 10.6 Å². The van der Waals surface area contributed by atoms with Crippen LogP contribution in [-0.4, -0.2) is 44.8 Å². The van der Waals surface area contributed by atoms with Crippen LogP contribution in [0.1, 0.15) is 22.3 Å². The molecule has 0 bridgehead atoms. The fourth-order valence-corrected chi connectivity index (χ4v) is 6.22. The van der Waals surface area contributed by atoms with Crippen LogP contribution in [0.25, 0.3) is 0 Å². The molecule has 1 atom stereocenters. The van der Waals surface area contributed by atoms with Gasteiger partial charge in [-0.1, -0.05) is 72.8 Å². The van der Waals surface area contributed by atoms with Gasteiger partial charge in [-0.25, -0.2) is 12.8 Å². The fraction of sp³-hybridized carbons (Fsp3) is 0.212. The van der Waals surface area contributed by atoms with E-state index in [2.05, 4.69) is 5.32 Å². The number of sulfonamides is 1. The van der Waals surface area contributed by atoms with Crippen LogP contribution in [0.2, 0.25) is 0 Å². The predicted octanol–water partition coefficient (Wildman–Crippen LogP) is 5.02. The summed E-state index contributed by atoms with van der Waals surface area (Å²) in [7, 11) is -2.69. The van der Waals surface area contributed by atoms with Crippen LogP contribution in [0.5, 0.6) is 0 Å². The molecule has 0 aromatic heterocycles. The first-order valence-corrected chi connectivity index (χ1v) is 15.0. The van der Waals surface area contributed by atoms with Crippen molar-refractivity contribution < 1.29 is 22.4 Å². The predicted molar refractivity (Wildman–Crippen MR) is 162 cm³/mol. The molecule has 7 nitrogen and oxygen atoms in total. The summed E-state index contributed by atoms with van der Waals surface area (Å²) in [5.74, 6) is -1.42. The topological polar surface area (TPSA) is 86.8 Å². The number of amides is 2. The molecule has 0 saturated heterocycles. The lowest BCUT2D eigenvalue weighted by Crippen LogP contribution is -2.53. The van der Waals surface area contributed by atoms with Crippen molar-refractivity contribution in [1.29, 1.82) is 0 Å². The number of hydrogen-bond donors (Lipinski definition) is 1. The standard InChI is InChI=1S/C33H34FN3O4S/c1-24-14-15-25(2)30(20-24)37(42(40,41)29-12-8-5-9-13-29)23-32(38)36(22-27-16-18-28(34)19-17-27)31(33(39)35-3)21-26-10-6-4-7-11-26/h4-20,31H,21-23H2,1-3H3,(H,35,39)/t31-/m1/s1. The molecular formula is C33H34FN3O4S. The number of carbonyl (C=O) groups is 2. The minimum atomic E-state index is -4.18. The van der Waals surface area contributed by atoms with Gasteiger partial charge in [0, 0.05) is 20.0 Å². The molecule has 9 heteroatoms. The van der Waals surface area contributed by atoms with E-state index in [1.54, 1.807) is 43.3 Å². The molecule has 0 fully saturated rings. The summed E-state index contributed by atoms with van der Waals surface area (Å²) in [6.45, 7) is 3.05. The lowest BCUT2D eigenvalue weighted by Gasteiger charge is -2.34. The maximum atomic E-state index is 14.3. The Labute approximate surface area is 246 Å². The SMILES string of the molecule is CNC(=O)[C@@H](Cc1ccccc1)N(Cc1ccc(F)cc1)C(=O)CN(c1cc(C)ccc1C)S(=O)(=O)c1ccccc1. The van der Waals surface area contributed by atoms with Crippen molar-refractivity contribution in [2.24, 2.45) is 0 Å². The Kier molecular flexibility index (Phi) is 9.75. The van der Waals surface area contributed by atoms with Gasteiger partial charge in [-0.05, 0) is 66.4 Å². The van der Waals surface area contributed by atoms with E-state index in [4.69, 9.17) is 0 Å². The molecular weight excluding hydrogens is 553 g/mol. The molecule has 0 saturated carbocycles. The van der Waals surface area contributed by atoms with E-state index in [0.717, 1.165) is 15.4 Å². The third-order valence-electron chi connectivity index (χ3n) is 7.03. The molecule has 0 heterocycles. The molecule has 0 radical (unpaired) electrons. The van der Waals surface area contributed by atoms with Gasteiger partial charge in [-0.2, -0.15) is 0 Å². The van der Waals surface area contributed by atoms with Gasteiger partial charge < -0.3 is 10.2 Å². The van der Waals surface area contributed by atoms with Crippen molar-refractivity contribution in [3.8, 4) is 0 Å². The summed E-state index contributed by atoms with van der Waals surface area (Å²) in [5.41, 5.74) is 3.28. The van der Waals surface area contributed by atoms with E-state index in [-0.39, 0.29) is 17.9 Å². The Hall–Kier alpha value is -4.50. The third-order valence-corrected chi connectivity index (χ3v) is 8.80. The zero-order valence-corrected chi connectivity index (χ0v) is 24.6. The Morgan fingerprint density at radius 2 is 1.45 bits per heavy atom. The molecule has 4 aromatic rings. The number of nitrogens with zero attached hydrogens (tertiary/aromatic N) is 2. The normalized spacial score (nSPS) is 11.9. The number of benzene rings is 4. The average Bonchev–Trinajstić information content (AvgIpc) is 3.00. The second kappa shape index (κ2) is 13.4. The highest BCUT2D eigenvalue weighted by molar-refractivity contribution is 7.92. The minimum Gasteiger partial charge on any atom is -0.357 e. The van der Waals surface area contributed by atoms with Gasteiger partial charge in [-0.15, -0.1) is 0 Å². The molecule has 1 N–H and O–H groups in total. The second-order valence-electron chi connectivity index (χ2n) is 10.1. The van der Waals surface area contributed by atoms with E-state index in [1.165, 1.54) is 36.2 Å². The third kappa shape index (κ3) is 7.22. The first-order valence-electron chi connectivity index (χ1n) is 13.5. The summed E-state index contributed by atoms with van der Waals surface area (Å²) < 4.78 is 42.9. The van der Waals surface area contributed by atoms with E-state index in [0.29, 0.717) is 16.8 Å². The quantitative estimate of drug-likeness (QED) is 0.267. The Morgan fingerprint density at radius 1 is 0.833 bits per heavy atom. The molecule has 0 aliphatic carbocycles. The van der Waals surface area contributed by atoms with Crippen molar-refractivity contribution in [1.82, 2.24) is 10.2 Å². The van der Waals surface area contributed by atoms with Crippen molar-refractivity contribution in [3.63, 3.8) is 0 Å². The molecule has 0 aliphatic heterocycles. The van der Waals surface area contributed by atoms with Crippen LogP contribution < -0.4 is 9.62 Å². The van der Waals surface area contributed by atoms with Gasteiger partial charge in [0.15, 0.2) is 0 Å². The lowest BCUT2D eigenvalue weighted by atomic mass is 10.0. The maximum Gasteiger partial charge on any atom is 0.264 e. The smallest absolute Gasteiger partial charge is 0.264 e. The number of likely N-dealkylation sites (N-methyl/N-ethyl adjacent to an activating group) is 1. The van der Waals surface area contributed by atoms with Gasteiger partial charge in [-0.3, -0.25) is 13.9 Å². The summed E-state index contributed by atoms with van der Waals surface area (Å²) >= 11 is 0. The summed E-state index contributed by atoms with van der Waals surface area (Å²) in [6, 6.07) is 27.3. The Bertz CT molecular complexity index is 1630. The highest BCUT2D eigenvalue weighted by Crippen LogP contribution is 2.28. The highest BCUT2D eigenvalue weighted by atomic mass is 32.2. The minimum absolute atomic E-state index is 0.0317. The van der Waals surface area contributed by atoms with Gasteiger partial charge in [0.1, 0.15) is 18.4 Å². The number of halogens is 1. The Morgan fingerprint density at radius 3 is 2.07 bits per heavy atom. The highest BCUT2D eigenvalue weighted by Gasteiger charge is 2.34.